The zero-order valence-electron chi connectivity index (χ0n) is 13.3. The fourth-order valence-corrected chi connectivity index (χ4v) is 2.19. The van der Waals surface area contributed by atoms with Gasteiger partial charge in [-0.25, -0.2) is 5.43 Å². The molecule has 0 aliphatic heterocycles. The van der Waals surface area contributed by atoms with Crippen molar-refractivity contribution in [3.63, 3.8) is 0 Å². The Kier molecular flexibility index (Phi) is 4.98. The normalized spacial score (nSPS) is 12.2. The van der Waals surface area contributed by atoms with E-state index < -0.39 is 11.5 Å². The van der Waals surface area contributed by atoms with Crippen LogP contribution in [0.5, 0.6) is 0 Å². The second kappa shape index (κ2) is 6.75. The molecule has 2 aromatic rings. The van der Waals surface area contributed by atoms with Crippen molar-refractivity contribution in [3.8, 4) is 0 Å². The van der Waals surface area contributed by atoms with Gasteiger partial charge in [0.1, 0.15) is 5.60 Å². The molecule has 0 unspecified atom stereocenters. The number of hydrogen-bond acceptors (Lipinski definition) is 3. The van der Waals surface area contributed by atoms with Crippen LogP contribution in [0, 0.1) is 0 Å². The van der Waals surface area contributed by atoms with Crippen molar-refractivity contribution >= 4 is 23.0 Å². The predicted octanol–water partition coefficient (Wildman–Crippen LogP) is 2.66. The molecule has 0 spiro atoms. The molecule has 0 atom stereocenters. The molecule has 5 nitrogen and oxygen atoms in total. The number of nitrogens with one attached hydrogen (secondary N) is 1. The molecule has 0 aliphatic carbocycles. The number of aryl methyl sites for hydroxylation is 1. The van der Waals surface area contributed by atoms with Crippen LogP contribution in [0.3, 0.4) is 0 Å². The van der Waals surface area contributed by atoms with Crippen molar-refractivity contribution in [2.24, 2.45) is 5.10 Å². The van der Waals surface area contributed by atoms with Gasteiger partial charge >= 0.3 is 0 Å². The Morgan fingerprint density at radius 1 is 1.41 bits per heavy atom. The lowest BCUT2D eigenvalue weighted by molar-refractivity contribution is -0.136. The van der Waals surface area contributed by atoms with Gasteiger partial charge in [0.25, 0.3) is 5.91 Å². The minimum absolute atomic E-state index is 0.529. The predicted molar refractivity (Wildman–Crippen MR) is 88.9 cm³/mol. The second-order valence-electron chi connectivity index (χ2n) is 5.91. The van der Waals surface area contributed by atoms with Gasteiger partial charge < -0.3 is 9.67 Å². The summed E-state index contributed by atoms with van der Waals surface area (Å²) in [5.74, 6) is -0.529. The van der Waals surface area contributed by atoms with Gasteiger partial charge in [-0.3, -0.25) is 4.79 Å². The number of benzene rings is 1. The average Bonchev–Trinajstić information content (AvgIpc) is 2.82. The van der Waals surface area contributed by atoms with E-state index >= 15 is 0 Å². The highest BCUT2D eigenvalue weighted by atomic mass is 16.3. The molecule has 5 heteroatoms. The van der Waals surface area contributed by atoms with E-state index in [4.69, 9.17) is 0 Å². The molecule has 0 radical (unpaired) electrons. The summed E-state index contributed by atoms with van der Waals surface area (Å²) in [6.45, 7) is 5.98. The number of rotatable bonds is 6. The highest BCUT2D eigenvalue weighted by molar-refractivity contribution is 5.99. The standard InChI is InChI=1S/C17H23N3O2/c1-4-5-10-20-12-13(14-8-6-7-9-15(14)20)11-18-19-16(21)17(2,3)22/h6-9,11-12,22H,4-5,10H2,1-3H3,(H,19,21). The number of aromatic nitrogens is 1. The van der Waals surface area contributed by atoms with Crippen molar-refractivity contribution in [3.05, 3.63) is 36.0 Å². The van der Waals surface area contributed by atoms with Gasteiger partial charge in [0.2, 0.25) is 0 Å². The molecule has 2 N–H and O–H groups in total. The van der Waals surface area contributed by atoms with E-state index in [0.29, 0.717) is 0 Å². The monoisotopic (exact) mass is 301 g/mol. The van der Waals surface area contributed by atoms with Gasteiger partial charge in [-0.1, -0.05) is 31.5 Å². The first-order valence-electron chi connectivity index (χ1n) is 7.57. The highest BCUT2D eigenvalue weighted by Crippen LogP contribution is 2.20. The van der Waals surface area contributed by atoms with E-state index in [2.05, 4.69) is 28.1 Å². The van der Waals surface area contributed by atoms with E-state index in [9.17, 15) is 9.90 Å². The van der Waals surface area contributed by atoms with Gasteiger partial charge in [-0.15, -0.1) is 0 Å². The third-order valence-corrected chi connectivity index (χ3v) is 3.50. The summed E-state index contributed by atoms with van der Waals surface area (Å²) in [5.41, 5.74) is 3.03. The Labute approximate surface area is 130 Å². The molecule has 1 aromatic carbocycles. The van der Waals surface area contributed by atoms with E-state index in [0.717, 1.165) is 35.9 Å². The van der Waals surface area contributed by atoms with E-state index in [-0.39, 0.29) is 0 Å². The summed E-state index contributed by atoms with van der Waals surface area (Å²) in [6, 6.07) is 8.12. The molecule has 1 aromatic heterocycles. The molecule has 0 fully saturated rings. The van der Waals surface area contributed by atoms with Crippen molar-refractivity contribution in [2.75, 3.05) is 0 Å². The summed E-state index contributed by atoms with van der Waals surface area (Å²) in [6.07, 6.45) is 5.91. The maximum atomic E-state index is 11.6. The number of unbranched alkanes of at least 4 members (excludes halogenated alkanes) is 1. The Balaban J connectivity index is 2.22. The van der Waals surface area contributed by atoms with Crippen LogP contribution in [0.1, 0.15) is 39.2 Å². The van der Waals surface area contributed by atoms with Crippen molar-refractivity contribution in [2.45, 2.75) is 45.8 Å². The average molecular weight is 301 g/mol. The number of nitrogens with zero attached hydrogens (tertiary/aromatic N) is 2. The third-order valence-electron chi connectivity index (χ3n) is 3.50. The largest absolute Gasteiger partial charge is 0.381 e. The number of para-hydroxylation sites is 1. The van der Waals surface area contributed by atoms with Crippen molar-refractivity contribution < 1.29 is 9.90 Å². The maximum absolute atomic E-state index is 11.6. The number of hydrogen-bond donors (Lipinski definition) is 2. The fourth-order valence-electron chi connectivity index (χ4n) is 2.19. The number of carbonyl (C=O) groups is 1. The number of fused-ring (bicyclic) bond motifs is 1. The Bertz CT molecular complexity index is 681. The quantitative estimate of drug-likeness (QED) is 0.636. The molecule has 2 rings (SSSR count). The molecule has 1 heterocycles. The van der Waals surface area contributed by atoms with Gasteiger partial charge in [0.15, 0.2) is 0 Å². The molecule has 0 saturated heterocycles. The first kappa shape index (κ1) is 16.2. The Morgan fingerprint density at radius 2 is 2.14 bits per heavy atom. The molecule has 22 heavy (non-hydrogen) atoms. The lowest BCUT2D eigenvalue weighted by Gasteiger charge is -2.13. The van der Waals surface area contributed by atoms with Crippen LogP contribution in [0.4, 0.5) is 0 Å². The molecule has 1 amide bonds. The zero-order valence-corrected chi connectivity index (χ0v) is 13.3. The number of amides is 1. The minimum atomic E-state index is -1.44. The van der Waals surface area contributed by atoms with Crippen LogP contribution in [0.15, 0.2) is 35.6 Å². The molecular weight excluding hydrogens is 278 g/mol. The van der Waals surface area contributed by atoms with Gasteiger partial charge in [0, 0.05) is 29.2 Å². The van der Waals surface area contributed by atoms with Crippen LogP contribution in [-0.2, 0) is 11.3 Å². The molecule has 0 aliphatic rings. The van der Waals surface area contributed by atoms with Crippen LogP contribution in [0.25, 0.3) is 10.9 Å². The van der Waals surface area contributed by atoms with Crippen molar-refractivity contribution in [1.82, 2.24) is 9.99 Å². The maximum Gasteiger partial charge on any atom is 0.271 e. The smallest absolute Gasteiger partial charge is 0.271 e. The topological polar surface area (TPSA) is 66.6 Å². The number of hydrazone groups is 1. The van der Waals surface area contributed by atoms with Gasteiger partial charge in [-0.05, 0) is 26.3 Å². The van der Waals surface area contributed by atoms with Gasteiger partial charge in [0.05, 0.1) is 6.21 Å². The molecule has 0 bridgehead atoms. The Hall–Kier alpha value is -2.14. The summed E-state index contributed by atoms with van der Waals surface area (Å²) in [7, 11) is 0. The first-order chi connectivity index (χ1) is 10.4. The molecular formula is C17H23N3O2. The van der Waals surface area contributed by atoms with E-state index in [1.165, 1.54) is 13.8 Å². The summed E-state index contributed by atoms with van der Waals surface area (Å²) < 4.78 is 2.21. The lowest BCUT2D eigenvalue weighted by Crippen LogP contribution is -2.39. The van der Waals surface area contributed by atoms with Crippen LogP contribution >= 0.6 is 0 Å². The lowest BCUT2D eigenvalue weighted by atomic mass is 10.1. The SMILES string of the molecule is CCCCn1cc(C=NNC(=O)C(C)(C)O)c2ccccc21. The molecule has 0 saturated carbocycles. The van der Waals surface area contributed by atoms with Crippen LogP contribution in [0.2, 0.25) is 0 Å². The van der Waals surface area contributed by atoms with E-state index in [1.807, 2.05) is 24.4 Å². The van der Waals surface area contributed by atoms with Crippen molar-refractivity contribution in [1.29, 1.82) is 0 Å². The van der Waals surface area contributed by atoms with E-state index in [1.54, 1.807) is 6.21 Å². The summed E-state index contributed by atoms with van der Waals surface area (Å²) in [5, 5.41) is 14.6. The number of carbonyl (C=O) groups excluding carboxylic acids is 1. The fraction of sp³-hybridized carbons (Fsp3) is 0.412. The highest BCUT2D eigenvalue weighted by Gasteiger charge is 2.22. The summed E-state index contributed by atoms with van der Waals surface area (Å²) >= 11 is 0. The van der Waals surface area contributed by atoms with Gasteiger partial charge in [-0.2, -0.15) is 5.10 Å². The second-order valence-corrected chi connectivity index (χ2v) is 5.91. The number of aliphatic hydroxyl groups is 1. The molecule has 118 valence electrons. The first-order valence-corrected chi connectivity index (χ1v) is 7.57. The van der Waals surface area contributed by atoms with Crippen LogP contribution < -0.4 is 5.43 Å². The Morgan fingerprint density at radius 3 is 2.82 bits per heavy atom. The third kappa shape index (κ3) is 3.74. The van der Waals surface area contributed by atoms with Crippen LogP contribution in [-0.4, -0.2) is 27.4 Å². The zero-order chi connectivity index (χ0) is 16.2. The minimum Gasteiger partial charge on any atom is -0.381 e. The summed E-state index contributed by atoms with van der Waals surface area (Å²) in [4.78, 5) is 11.6.